The molecule has 0 aromatic heterocycles. The standard InChI is InChI=1S/C25H33ClN2O2/c1-18-19(2)24(30-17-20-4-5-20)9-6-21(18)10-11-27-12-14-28(15-13-27)22-7-8-23(26)25(16-22)29-3/h6-9,16,20H,4-5,10-15,17H2,1-3H3. The fourth-order valence-corrected chi connectivity index (χ4v) is 4.32. The average Bonchev–Trinajstić information content (AvgIpc) is 3.59. The van der Waals surface area contributed by atoms with Crippen molar-refractivity contribution in [2.45, 2.75) is 33.1 Å². The summed E-state index contributed by atoms with van der Waals surface area (Å²) in [6, 6.07) is 10.5. The van der Waals surface area contributed by atoms with Gasteiger partial charge in [0.1, 0.15) is 11.5 Å². The molecule has 0 unspecified atom stereocenters. The molecule has 0 N–H and O–H groups in total. The highest BCUT2D eigenvalue weighted by atomic mass is 35.5. The molecular formula is C25H33ClN2O2. The van der Waals surface area contributed by atoms with Crippen LogP contribution in [0.3, 0.4) is 0 Å². The van der Waals surface area contributed by atoms with Crippen molar-refractivity contribution in [2.24, 2.45) is 5.92 Å². The number of hydrogen-bond acceptors (Lipinski definition) is 4. The molecule has 5 heteroatoms. The van der Waals surface area contributed by atoms with Crippen molar-refractivity contribution in [3.8, 4) is 11.5 Å². The summed E-state index contributed by atoms with van der Waals surface area (Å²) < 4.78 is 11.4. The first-order chi connectivity index (χ1) is 14.5. The van der Waals surface area contributed by atoms with Crippen LogP contribution in [0.15, 0.2) is 30.3 Å². The summed E-state index contributed by atoms with van der Waals surface area (Å²) >= 11 is 6.17. The summed E-state index contributed by atoms with van der Waals surface area (Å²) in [6.45, 7) is 10.6. The Morgan fingerprint density at radius 2 is 1.73 bits per heavy atom. The predicted octanol–water partition coefficient (Wildman–Crippen LogP) is 5.12. The van der Waals surface area contributed by atoms with E-state index in [1.807, 2.05) is 12.1 Å². The summed E-state index contributed by atoms with van der Waals surface area (Å²) in [5, 5.41) is 0.662. The van der Waals surface area contributed by atoms with Gasteiger partial charge in [-0.1, -0.05) is 17.7 Å². The SMILES string of the molecule is COc1cc(N2CCN(CCc3ccc(OCC4CC4)c(C)c3C)CC2)ccc1Cl. The number of methoxy groups -OCH3 is 1. The molecule has 1 aliphatic carbocycles. The van der Waals surface area contributed by atoms with Crippen LogP contribution >= 0.6 is 11.6 Å². The van der Waals surface area contributed by atoms with E-state index < -0.39 is 0 Å². The molecule has 1 saturated carbocycles. The number of anilines is 1. The number of hydrogen-bond donors (Lipinski definition) is 0. The molecule has 2 fully saturated rings. The molecule has 0 amide bonds. The van der Waals surface area contributed by atoms with Crippen molar-refractivity contribution in [1.82, 2.24) is 4.90 Å². The van der Waals surface area contributed by atoms with Crippen molar-refractivity contribution in [3.63, 3.8) is 0 Å². The van der Waals surface area contributed by atoms with Crippen molar-refractivity contribution in [1.29, 1.82) is 0 Å². The van der Waals surface area contributed by atoms with E-state index in [0.29, 0.717) is 5.02 Å². The van der Waals surface area contributed by atoms with E-state index in [-0.39, 0.29) is 0 Å². The number of nitrogens with zero attached hydrogens (tertiary/aromatic N) is 2. The summed E-state index contributed by atoms with van der Waals surface area (Å²) in [6.07, 6.45) is 3.74. The Labute approximate surface area is 185 Å². The normalized spacial score (nSPS) is 17.3. The second-order valence-electron chi connectivity index (χ2n) is 8.62. The topological polar surface area (TPSA) is 24.9 Å². The second kappa shape index (κ2) is 9.49. The molecule has 1 heterocycles. The fraction of sp³-hybridized carbons (Fsp3) is 0.520. The van der Waals surface area contributed by atoms with Crippen LogP contribution in [-0.2, 0) is 6.42 Å². The molecule has 0 atom stereocenters. The molecular weight excluding hydrogens is 396 g/mol. The van der Waals surface area contributed by atoms with Gasteiger partial charge >= 0.3 is 0 Å². The Morgan fingerprint density at radius 1 is 0.967 bits per heavy atom. The van der Waals surface area contributed by atoms with Crippen LogP contribution in [0, 0.1) is 19.8 Å². The maximum absolute atomic E-state index is 6.17. The minimum Gasteiger partial charge on any atom is -0.495 e. The van der Waals surface area contributed by atoms with Crippen LogP contribution in [0.25, 0.3) is 0 Å². The first kappa shape index (κ1) is 21.3. The van der Waals surface area contributed by atoms with Crippen molar-refractivity contribution in [2.75, 3.05) is 51.3 Å². The van der Waals surface area contributed by atoms with Gasteiger partial charge in [0.05, 0.1) is 18.7 Å². The largest absolute Gasteiger partial charge is 0.495 e. The van der Waals surface area contributed by atoms with Crippen LogP contribution < -0.4 is 14.4 Å². The van der Waals surface area contributed by atoms with E-state index in [4.69, 9.17) is 21.1 Å². The van der Waals surface area contributed by atoms with Gasteiger partial charge in [0.25, 0.3) is 0 Å². The van der Waals surface area contributed by atoms with Gasteiger partial charge in [-0.3, -0.25) is 4.90 Å². The molecule has 2 aromatic carbocycles. The lowest BCUT2D eigenvalue weighted by Gasteiger charge is -2.36. The second-order valence-corrected chi connectivity index (χ2v) is 9.03. The molecule has 4 nitrogen and oxygen atoms in total. The third-order valence-corrected chi connectivity index (χ3v) is 6.90. The maximum atomic E-state index is 6.17. The Morgan fingerprint density at radius 3 is 2.43 bits per heavy atom. The Kier molecular flexibility index (Phi) is 6.74. The molecule has 1 saturated heterocycles. The van der Waals surface area contributed by atoms with Crippen molar-refractivity contribution < 1.29 is 9.47 Å². The van der Waals surface area contributed by atoms with Gasteiger partial charge in [0.2, 0.25) is 0 Å². The van der Waals surface area contributed by atoms with Gasteiger partial charge in [0, 0.05) is 44.5 Å². The van der Waals surface area contributed by atoms with Crippen LogP contribution in [0.5, 0.6) is 11.5 Å². The first-order valence-corrected chi connectivity index (χ1v) is 11.5. The molecule has 4 rings (SSSR count). The van der Waals surface area contributed by atoms with Crippen LogP contribution in [0.2, 0.25) is 5.02 Å². The minimum absolute atomic E-state index is 0.662. The van der Waals surface area contributed by atoms with Crippen LogP contribution in [0.1, 0.15) is 29.5 Å². The van der Waals surface area contributed by atoms with E-state index in [1.54, 1.807) is 7.11 Å². The van der Waals surface area contributed by atoms with E-state index >= 15 is 0 Å². The van der Waals surface area contributed by atoms with E-state index in [0.717, 1.165) is 63.2 Å². The highest BCUT2D eigenvalue weighted by Gasteiger charge is 2.22. The lowest BCUT2D eigenvalue weighted by Crippen LogP contribution is -2.47. The molecule has 1 aliphatic heterocycles. The van der Waals surface area contributed by atoms with Crippen molar-refractivity contribution in [3.05, 3.63) is 52.0 Å². The van der Waals surface area contributed by atoms with Gasteiger partial charge < -0.3 is 14.4 Å². The predicted molar refractivity (Wildman–Crippen MR) is 124 cm³/mol. The smallest absolute Gasteiger partial charge is 0.139 e. The molecule has 0 bridgehead atoms. The molecule has 2 aromatic rings. The number of halogens is 1. The number of ether oxygens (including phenoxy) is 2. The Balaban J connectivity index is 1.28. The monoisotopic (exact) mass is 428 g/mol. The fourth-order valence-electron chi connectivity index (χ4n) is 4.12. The molecule has 162 valence electrons. The third-order valence-electron chi connectivity index (χ3n) is 6.59. The lowest BCUT2D eigenvalue weighted by molar-refractivity contribution is 0.260. The number of piperazine rings is 1. The van der Waals surface area contributed by atoms with Crippen LogP contribution in [0.4, 0.5) is 5.69 Å². The highest BCUT2D eigenvalue weighted by Crippen LogP contribution is 2.32. The molecule has 0 spiro atoms. The maximum Gasteiger partial charge on any atom is 0.139 e. The quantitative estimate of drug-likeness (QED) is 0.582. The van der Waals surface area contributed by atoms with Gasteiger partial charge in [0.15, 0.2) is 0 Å². The zero-order valence-corrected chi connectivity index (χ0v) is 19.2. The summed E-state index contributed by atoms with van der Waals surface area (Å²) in [5.41, 5.74) is 5.31. The van der Waals surface area contributed by atoms with E-state index in [1.165, 1.54) is 35.2 Å². The minimum atomic E-state index is 0.662. The van der Waals surface area contributed by atoms with E-state index in [9.17, 15) is 0 Å². The Bertz CT molecular complexity index is 874. The molecule has 30 heavy (non-hydrogen) atoms. The summed E-state index contributed by atoms with van der Waals surface area (Å²) in [7, 11) is 1.67. The van der Waals surface area contributed by atoms with Gasteiger partial charge in [-0.25, -0.2) is 0 Å². The van der Waals surface area contributed by atoms with Gasteiger partial charge in [-0.2, -0.15) is 0 Å². The average molecular weight is 429 g/mol. The Hall–Kier alpha value is -1.91. The van der Waals surface area contributed by atoms with Crippen molar-refractivity contribution >= 4 is 17.3 Å². The zero-order chi connectivity index (χ0) is 21.1. The molecule has 0 radical (unpaired) electrons. The summed E-state index contributed by atoms with van der Waals surface area (Å²) in [4.78, 5) is 4.98. The zero-order valence-electron chi connectivity index (χ0n) is 18.4. The number of rotatable bonds is 8. The lowest BCUT2D eigenvalue weighted by atomic mass is 9.99. The number of benzene rings is 2. The van der Waals surface area contributed by atoms with Gasteiger partial charge in [-0.15, -0.1) is 0 Å². The van der Waals surface area contributed by atoms with Gasteiger partial charge in [-0.05, 0) is 73.9 Å². The van der Waals surface area contributed by atoms with E-state index in [2.05, 4.69) is 41.8 Å². The first-order valence-electron chi connectivity index (χ1n) is 11.1. The summed E-state index contributed by atoms with van der Waals surface area (Å²) in [5.74, 6) is 2.60. The van der Waals surface area contributed by atoms with Crippen LogP contribution in [-0.4, -0.2) is 51.3 Å². The molecule has 2 aliphatic rings. The highest BCUT2D eigenvalue weighted by molar-refractivity contribution is 6.32. The third kappa shape index (κ3) is 5.04.